The molecule has 0 amide bonds. The van der Waals surface area contributed by atoms with Crippen molar-refractivity contribution in [3.63, 3.8) is 0 Å². The van der Waals surface area contributed by atoms with Gasteiger partial charge in [-0.2, -0.15) is 0 Å². The fourth-order valence-corrected chi connectivity index (χ4v) is 7.99. The zero-order valence-electron chi connectivity index (χ0n) is 16.3. The first-order valence-corrected chi connectivity index (χ1v) is 10.4. The van der Waals surface area contributed by atoms with Crippen molar-refractivity contribution in [3.05, 3.63) is 0 Å². The van der Waals surface area contributed by atoms with Crippen molar-refractivity contribution in [2.24, 2.45) is 40.4 Å². The number of carbonyl (C=O) groups excluding carboxylic acids is 2. The van der Waals surface area contributed by atoms with Crippen LogP contribution in [-0.2, 0) is 14.3 Å². The molecule has 4 rings (SSSR count). The molecule has 0 aromatic heterocycles. The number of carbonyl (C=O) groups is 2. The van der Waals surface area contributed by atoms with Crippen LogP contribution < -0.4 is 0 Å². The van der Waals surface area contributed by atoms with Crippen LogP contribution in [0.4, 0.5) is 0 Å². The van der Waals surface area contributed by atoms with E-state index in [2.05, 4.69) is 13.8 Å². The molecule has 140 valence electrons. The van der Waals surface area contributed by atoms with Gasteiger partial charge in [0.1, 0.15) is 11.6 Å². The van der Waals surface area contributed by atoms with E-state index in [4.69, 9.17) is 4.74 Å². The molecule has 4 aliphatic rings. The lowest BCUT2D eigenvalue weighted by atomic mass is 9.44. The summed E-state index contributed by atoms with van der Waals surface area (Å²) >= 11 is 0. The Morgan fingerprint density at radius 3 is 2.56 bits per heavy atom. The van der Waals surface area contributed by atoms with E-state index in [-0.39, 0.29) is 17.4 Å². The molecule has 4 saturated carbocycles. The number of methoxy groups -OCH3 is 1. The first kappa shape index (κ1) is 17.7. The van der Waals surface area contributed by atoms with Crippen molar-refractivity contribution >= 4 is 11.6 Å². The zero-order valence-corrected chi connectivity index (χ0v) is 16.3. The minimum atomic E-state index is 0.00936. The summed E-state index contributed by atoms with van der Waals surface area (Å²) in [5.74, 6) is 3.56. The topological polar surface area (TPSA) is 43.4 Å². The highest BCUT2D eigenvalue weighted by molar-refractivity contribution is 5.80. The molecule has 0 heterocycles. The summed E-state index contributed by atoms with van der Waals surface area (Å²) in [6, 6.07) is 0. The highest BCUT2D eigenvalue weighted by Crippen LogP contribution is 2.67. The van der Waals surface area contributed by atoms with Crippen LogP contribution in [0.1, 0.15) is 72.1 Å². The zero-order chi connectivity index (χ0) is 18.0. The fourth-order valence-electron chi connectivity index (χ4n) is 7.99. The quantitative estimate of drug-likeness (QED) is 0.743. The predicted molar refractivity (Wildman–Crippen MR) is 97.1 cm³/mol. The van der Waals surface area contributed by atoms with Crippen LogP contribution in [0.5, 0.6) is 0 Å². The maximum atomic E-state index is 12.4. The van der Waals surface area contributed by atoms with Crippen molar-refractivity contribution in [2.75, 3.05) is 7.11 Å². The third-order valence-corrected chi connectivity index (χ3v) is 9.33. The molecule has 0 N–H and O–H groups in total. The van der Waals surface area contributed by atoms with Gasteiger partial charge in [-0.25, -0.2) is 0 Å². The largest absolute Gasteiger partial charge is 0.381 e. The van der Waals surface area contributed by atoms with Crippen LogP contribution >= 0.6 is 0 Å². The number of fused-ring (bicyclic) bond motifs is 5. The minimum absolute atomic E-state index is 0.00936. The van der Waals surface area contributed by atoms with Gasteiger partial charge in [0.15, 0.2) is 0 Å². The molecular formula is C22H34O3. The van der Waals surface area contributed by atoms with E-state index in [9.17, 15) is 9.59 Å². The molecule has 4 aliphatic carbocycles. The predicted octanol–water partition coefficient (Wildman–Crippen LogP) is 4.43. The Morgan fingerprint density at radius 2 is 1.88 bits per heavy atom. The van der Waals surface area contributed by atoms with Gasteiger partial charge in [-0.3, -0.25) is 9.59 Å². The average molecular weight is 347 g/mol. The van der Waals surface area contributed by atoms with E-state index >= 15 is 0 Å². The molecule has 0 bridgehead atoms. The first-order valence-electron chi connectivity index (χ1n) is 10.4. The lowest BCUT2D eigenvalue weighted by molar-refractivity contribution is -0.177. The summed E-state index contributed by atoms with van der Waals surface area (Å²) in [7, 11) is 1.84. The number of ketones is 2. The van der Waals surface area contributed by atoms with E-state index in [0.717, 1.165) is 38.0 Å². The molecule has 0 aromatic rings. The number of ether oxygens (including phenoxy) is 1. The maximum Gasteiger partial charge on any atom is 0.133 e. The van der Waals surface area contributed by atoms with Crippen molar-refractivity contribution in [1.29, 1.82) is 0 Å². The Labute approximate surface area is 152 Å². The second-order valence-electron chi connectivity index (χ2n) is 9.97. The number of rotatable bonds is 2. The summed E-state index contributed by atoms with van der Waals surface area (Å²) in [5, 5.41) is 0. The molecule has 25 heavy (non-hydrogen) atoms. The van der Waals surface area contributed by atoms with Gasteiger partial charge in [-0.05, 0) is 74.5 Å². The standard InChI is InChI=1S/C22H34O3/c1-13(23)17-7-8-18-16-6-5-14-11-15(24)9-10-21(14,2)19(16)12-20(25-4)22(17,18)3/h14,16-20H,5-12H2,1-4H3/t14-,16-,17+,18-,19-,20-,21-,22+/m0/s1. The lowest BCUT2D eigenvalue weighted by Crippen LogP contribution is -2.59. The number of hydrogen-bond acceptors (Lipinski definition) is 3. The van der Waals surface area contributed by atoms with E-state index in [1.54, 1.807) is 6.92 Å². The first-order chi connectivity index (χ1) is 11.8. The average Bonchev–Trinajstić information content (AvgIpc) is 2.93. The SMILES string of the molecule is CO[C@H]1C[C@H]2[C@@H](CC[C@H]3CC(=O)CC[C@@]32C)[C@@H]2CC[C@H](C(C)=O)[C@@]12C. The van der Waals surface area contributed by atoms with E-state index < -0.39 is 0 Å². The molecule has 8 atom stereocenters. The van der Waals surface area contributed by atoms with Crippen LogP contribution in [0, 0.1) is 40.4 Å². The fraction of sp³-hybridized carbons (Fsp3) is 0.909. The summed E-state index contributed by atoms with van der Waals surface area (Å²) < 4.78 is 6.06. The molecule has 0 saturated heterocycles. The molecule has 4 fully saturated rings. The normalized spacial score (nSPS) is 52.2. The minimum Gasteiger partial charge on any atom is -0.381 e. The third-order valence-electron chi connectivity index (χ3n) is 9.33. The van der Waals surface area contributed by atoms with Gasteiger partial charge in [0.25, 0.3) is 0 Å². The molecule has 3 heteroatoms. The molecular weight excluding hydrogens is 312 g/mol. The third kappa shape index (κ3) is 2.33. The van der Waals surface area contributed by atoms with Crippen LogP contribution in [-0.4, -0.2) is 24.8 Å². The van der Waals surface area contributed by atoms with Crippen LogP contribution in [0.15, 0.2) is 0 Å². The monoisotopic (exact) mass is 346 g/mol. The number of hydrogen-bond donors (Lipinski definition) is 0. The highest BCUT2D eigenvalue weighted by atomic mass is 16.5. The highest BCUT2D eigenvalue weighted by Gasteiger charge is 2.64. The van der Waals surface area contributed by atoms with Crippen molar-refractivity contribution < 1.29 is 14.3 Å². The van der Waals surface area contributed by atoms with Crippen LogP contribution in [0.2, 0.25) is 0 Å². The second kappa shape index (κ2) is 5.90. The van der Waals surface area contributed by atoms with Crippen molar-refractivity contribution in [2.45, 2.75) is 78.2 Å². The lowest BCUT2D eigenvalue weighted by Gasteiger charge is -2.62. The molecule has 0 spiro atoms. The summed E-state index contributed by atoms with van der Waals surface area (Å²) in [6.07, 6.45) is 8.58. The Kier molecular flexibility index (Phi) is 4.18. The summed E-state index contributed by atoms with van der Waals surface area (Å²) in [5.41, 5.74) is 0.304. The van der Waals surface area contributed by atoms with E-state index in [1.165, 1.54) is 19.3 Å². The van der Waals surface area contributed by atoms with Crippen molar-refractivity contribution in [3.8, 4) is 0 Å². The Bertz CT molecular complexity index is 584. The maximum absolute atomic E-state index is 12.4. The van der Waals surface area contributed by atoms with Crippen molar-refractivity contribution in [1.82, 2.24) is 0 Å². The van der Waals surface area contributed by atoms with Gasteiger partial charge in [0.2, 0.25) is 0 Å². The Balaban J connectivity index is 1.70. The van der Waals surface area contributed by atoms with E-state index in [1.807, 2.05) is 7.11 Å². The molecule has 3 nitrogen and oxygen atoms in total. The molecule has 0 aromatic carbocycles. The van der Waals surface area contributed by atoms with Gasteiger partial charge in [-0.1, -0.05) is 13.8 Å². The number of Topliss-reactive ketones (excluding diaryl/α,β-unsaturated/α-hetero) is 2. The van der Waals surface area contributed by atoms with Gasteiger partial charge in [0, 0.05) is 31.3 Å². The van der Waals surface area contributed by atoms with Gasteiger partial charge < -0.3 is 4.74 Å². The summed E-state index contributed by atoms with van der Waals surface area (Å²) in [6.45, 7) is 6.59. The second-order valence-corrected chi connectivity index (χ2v) is 9.97. The smallest absolute Gasteiger partial charge is 0.133 e. The Hall–Kier alpha value is -0.700. The van der Waals surface area contributed by atoms with Crippen LogP contribution in [0.25, 0.3) is 0 Å². The van der Waals surface area contributed by atoms with Gasteiger partial charge >= 0.3 is 0 Å². The molecule has 0 aliphatic heterocycles. The van der Waals surface area contributed by atoms with Gasteiger partial charge in [0.05, 0.1) is 6.10 Å². The van der Waals surface area contributed by atoms with Gasteiger partial charge in [-0.15, -0.1) is 0 Å². The molecule has 0 unspecified atom stereocenters. The summed E-state index contributed by atoms with van der Waals surface area (Å²) in [4.78, 5) is 24.4. The molecule has 0 radical (unpaired) electrons. The Morgan fingerprint density at radius 1 is 1.12 bits per heavy atom. The van der Waals surface area contributed by atoms with Crippen LogP contribution in [0.3, 0.4) is 0 Å². The van der Waals surface area contributed by atoms with E-state index in [0.29, 0.717) is 34.7 Å².